The van der Waals surface area contributed by atoms with Gasteiger partial charge in [-0.1, -0.05) is 30.3 Å². The zero-order valence-corrected chi connectivity index (χ0v) is 8.13. The van der Waals surface area contributed by atoms with Crippen LogP contribution in [0.5, 0.6) is 0 Å². The van der Waals surface area contributed by atoms with Crippen LogP contribution in [0.2, 0.25) is 0 Å². The van der Waals surface area contributed by atoms with Gasteiger partial charge in [0.15, 0.2) is 0 Å². The highest BCUT2D eigenvalue weighted by Gasteiger charge is 2.03. The van der Waals surface area contributed by atoms with Gasteiger partial charge in [-0.3, -0.25) is 0 Å². The molecule has 71 valence electrons. The summed E-state index contributed by atoms with van der Waals surface area (Å²) >= 11 is 0. The number of nitrogens with zero attached hydrogens (tertiary/aromatic N) is 1. The van der Waals surface area contributed by atoms with Crippen LogP contribution in [0.3, 0.4) is 0 Å². The molecular weight excluding hydrogens is 170 g/mol. The first-order valence-electron chi connectivity index (χ1n) is 4.86. The van der Waals surface area contributed by atoms with Gasteiger partial charge in [-0.05, 0) is 31.0 Å². The van der Waals surface area contributed by atoms with E-state index in [1.54, 1.807) is 0 Å². The molecule has 0 amide bonds. The highest BCUT2D eigenvalue weighted by atomic mass is 15.0. The van der Waals surface area contributed by atoms with E-state index in [2.05, 4.69) is 48.1 Å². The molecule has 0 aliphatic rings. The van der Waals surface area contributed by atoms with Crippen LogP contribution in [0, 0.1) is 6.92 Å². The lowest BCUT2D eigenvalue weighted by atomic mass is 10.1. The fourth-order valence-electron chi connectivity index (χ4n) is 1.58. The van der Waals surface area contributed by atoms with E-state index < -0.39 is 0 Å². The summed E-state index contributed by atoms with van der Waals surface area (Å²) in [7, 11) is 0. The predicted octanol–water partition coefficient (Wildman–Crippen LogP) is 3.11. The fourth-order valence-corrected chi connectivity index (χ4v) is 1.58. The average molecular weight is 184 g/mol. The van der Waals surface area contributed by atoms with Crippen LogP contribution >= 0.6 is 0 Å². The van der Waals surface area contributed by atoms with Gasteiger partial charge in [0.1, 0.15) is 0 Å². The minimum absolute atomic E-state index is 0.285. The van der Waals surface area contributed by atoms with Crippen molar-refractivity contribution in [3.63, 3.8) is 0 Å². The zero-order chi connectivity index (χ0) is 9.80. The third-order valence-electron chi connectivity index (χ3n) is 2.36. The van der Waals surface area contributed by atoms with Crippen LogP contribution in [0.1, 0.15) is 11.6 Å². The molecule has 0 fully saturated rings. The van der Waals surface area contributed by atoms with Crippen molar-refractivity contribution in [1.29, 1.82) is 0 Å². The largest absolute Gasteiger partial charge is 0.351 e. The van der Waals surface area contributed by atoms with E-state index in [9.17, 15) is 0 Å². The minimum Gasteiger partial charge on any atom is -0.351 e. The van der Waals surface area contributed by atoms with Crippen LogP contribution in [0.25, 0.3) is 0 Å². The average Bonchev–Trinajstić information content (AvgIpc) is 2.72. The summed E-state index contributed by atoms with van der Waals surface area (Å²) < 4.78 is 2.13. The first kappa shape index (κ1) is 9.07. The van der Waals surface area contributed by atoms with E-state index in [-0.39, 0.29) is 6.04 Å². The van der Waals surface area contributed by atoms with Crippen molar-refractivity contribution in [2.24, 2.45) is 0 Å². The van der Waals surface area contributed by atoms with Gasteiger partial charge in [0.25, 0.3) is 0 Å². The molecule has 14 heavy (non-hydrogen) atoms. The standard InChI is InChI=1S/C13H14N/c1-12(14-9-5-6-10-14)11-13-7-3-2-4-8-13/h2-10,12H,1,11H2. The maximum absolute atomic E-state index is 4.14. The Morgan fingerprint density at radius 3 is 2.29 bits per heavy atom. The second-order valence-corrected chi connectivity index (χ2v) is 3.47. The van der Waals surface area contributed by atoms with Crippen molar-refractivity contribution in [1.82, 2.24) is 4.57 Å². The van der Waals surface area contributed by atoms with E-state index in [0.29, 0.717) is 0 Å². The third-order valence-corrected chi connectivity index (χ3v) is 2.36. The van der Waals surface area contributed by atoms with E-state index >= 15 is 0 Å². The summed E-state index contributed by atoms with van der Waals surface area (Å²) in [6.45, 7) is 4.14. The molecule has 1 aromatic carbocycles. The SMILES string of the molecule is [CH2]C(Cc1ccccc1)n1cccc1. The Labute approximate surface area is 85.0 Å². The molecule has 1 heteroatoms. The molecular formula is C13H14N. The number of hydrogen-bond donors (Lipinski definition) is 0. The number of aromatic nitrogens is 1. The molecule has 2 rings (SSSR count). The van der Waals surface area contributed by atoms with E-state index in [1.807, 2.05) is 18.2 Å². The van der Waals surface area contributed by atoms with Gasteiger partial charge >= 0.3 is 0 Å². The topological polar surface area (TPSA) is 4.93 Å². The maximum Gasteiger partial charge on any atom is 0.0371 e. The third kappa shape index (κ3) is 2.05. The molecule has 1 heterocycles. The Morgan fingerprint density at radius 2 is 1.64 bits per heavy atom. The lowest BCUT2D eigenvalue weighted by Crippen LogP contribution is -2.05. The molecule has 0 aliphatic carbocycles. The van der Waals surface area contributed by atoms with Gasteiger partial charge in [-0.25, -0.2) is 0 Å². The van der Waals surface area contributed by atoms with Crippen LogP contribution in [0.15, 0.2) is 54.9 Å². The summed E-state index contributed by atoms with van der Waals surface area (Å²) in [4.78, 5) is 0. The predicted molar refractivity (Wildman–Crippen MR) is 59.0 cm³/mol. The van der Waals surface area contributed by atoms with Gasteiger partial charge in [0.2, 0.25) is 0 Å². The van der Waals surface area contributed by atoms with Crippen molar-refractivity contribution in [3.8, 4) is 0 Å². The van der Waals surface area contributed by atoms with Crippen LogP contribution in [-0.4, -0.2) is 4.57 Å². The molecule has 0 bridgehead atoms. The molecule has 0 saturated carbocycles. The van der Waals surface area contributed by atoms with Crippen LogP contribution in [0.4, 0.5) is 0 Å². The molecule has 2 aromatic rings. The van der Waals surface area contributed by atoms with E-state index in [0.717, 1.165) is 6.42 Å². The lowest BCUT2D eigenvalue weighted by molar-refractivity contribution is 0.600. The maximum atomic E-state index is 4.14. The Hall–Kier alpha value is -1.50. The molecule has 0 N–H and O–H groups in total. The van der Waals surface area contributed by atoms with Crippen molar-refractivity contribution in [2.75, 3.05) is 0 Å². The van der Waals surface area contributed by atoms with Gasteiger partial charge < -0.3 is 4.57 Å². The number of hydrogen-bond acceptors (Lipinski definition) is 0. The fraction of sp³-hybridized carbons (Fsp3) is 0.154. The van der Waals surface area contributed by atoms with Crippen molar-refractivity contribution in [3.05, 3.63) is 67.3 Å². The summed E-state index contributed by atoms with van der Waals surface area (Å²) in [5.41, 5.74) is 1.33. The summed E-state index contributed by atoms with van der Waals surface area (Å²) in [5, 5.41) is 0. The summed E-state index contributed by atoms with van der Waals surface area (Å²) in [5.74, 6) is 0. The van der Waals surface area contributed by atoms with Gasteiger partial charge in [0, 0.05) is 18.4 Å². The van der Waals surface area contributed by atoms with E-state index in [4.69, 9.17) is 0 Å². The molecule has 1 nitrogen and oxygen atoms in total. The van der Waals surface area contributed by atoms with E-state index in [1.165, 1.54) is 5.56 Å². The quantitative estimate of drug-likeness (QED) is 0.690. The Morgan fingerprint density at radius 1 is 1.00 bits per heavy atom. The van der Waals surface area contributed by atoms with Gasteiger partial charge in [-0.2, -0.15) is 0 Å². The summed E-state index contributed by atoms with van der Waals surface area (Å²) in [6, 6.07) is 14.8. The van der Waals surface area contributed by atoms with Crippen LogP contribution in [-0.2, 0) is 6.42 Å². The molecule has 0 spiro atoms. The Balaban J connectivity index is 2.06. The monoisotopic (exact) mass is 184 g/mol. The number of benzene rings is 1. The Kier molecular flexibility index (Phi) is 2.68. The first-order chi connectivity index (χ1) is 6.86. The molecule has 1 atom stereocenters. The van der Waals surface area contributed by atoms with Gasteiger partial charge in [-0.15, -0.1) is 0 Å². The normalized spacial score (nSPS) is 12.6. The molecule has 1 unspecified atom stereocenters. The van der Waals surface area contributed by atoms with Gasteiger partial charge in [0.05, 0.1) is 0 Å². The minimum atomic E-state index is 0.285. The second-order valence-electron chi connectivity index (χ2n) is 3.47. The first-order valence-corrected chi connectivity index (χ1v) is 4.86. The van der Waals surface area contributed by atoms with Crippen molar-refractivity contribution < 1.29 is 0 Å². The molecule has 1 radical (unpaired) electrons. The smallest absolute Gasteiger partial charge is 0.0371 e. The van der Waals surface area contributed by atoms with Crippen LogP contribution < -0.4 is 0 Å². The Bertz CT molecular complexity index is 361. The zero-order valence-electron chi connectivity index (χ0n) is 8.13. The highest BCUT2D eigenvalue weighted by molar-refractivity contribution is 5.16. The van der Waals surface area contributed by atoms with Crippen molar-refractivity contribution in [2.45, 2.75) is 12.5 Å². The molecule has 0 aliphatic heterocycles. The second kappa shape index (κ2) is 4.14. The summed E-state index contributed by atoms with van der Waals surface area (Å²) in [6.07, 6.45) is 5.09. The highest BCUT2D eigenvalue weighted by Crippen LogP contribution is 2.12. The van der Waals surface area contributed by atoms with Crippen molar-refractivity contribution >= 4 is 0 Å². The molecule has 0 saturated heterocycles. The lowest BCUT2D eigenvalue weighted by Gasteiger charge is -2.13. The molecule has 1 aromatic heterocycles. The number of rotatable bonds is 3.